The monoisotopic (exact) mass is 488 g/mol. The molecule has 12 heteroatoms. The fourth-order valence-electron chi connectivity index (χ4n) is 4.17. The molecule has 1 aliphatic rings. The Hall–Kier alpha value is -4.74. The topological polar surface area (TPSA) is 112 Å². The van der Waals surface area contributed by atoms with E-state index in [0.717, 1.165) is 12.8 Å². The molecule has 10 nitrogen and oxygen atoms in total. The summed E-state index contributed by atoms with van der Waals surface area (Å²) >= 11 is 0. The molecule has 0 aliphatic heterocycles. The first-order chi connectivity index (χ1) is 17.5. The lowest BCUT2D eigenvalue weighted by Crippen LogP contribution is -2.17. The van der Waals surface area contributed by atoms with E-state index in [1.54, 1.807) is 29.1 Å². The van der Waals surface area contributed by atoms with Crippen LogP contribution in [0.3, 0.4) is 0 Å². The van der Waals surface area contributed by atoms with Gasteiger partial charge in [0.15, 0.2) is 11.5 Å². The third-order valence-corrected chi connectivity index (χ3v) is 5.95. The zero-order chi connectivity index (χ0) is 24.8. The number of fused-ring (bicyclic) bond motifs is 1. The van der Waals surface area contributed by atoms with Gasteiger partial charge in [0.1, 0.15) is 5.69 Å². The summed E-state index contributed by atoms with van der Waals surface area (Å²) in [5.41, 5.74) is 1.48. The highest BCUT2D eigenvalue weighted by molar-refractivity contribution is 6.05. The normalized spacial score (nSPS) is 13.4. The number of anilines is 1. The second kappa shape index (κ2) is 8.48. The van der Waals surface area contributed by atoms with E-state index in [2.05, 4.69) is 25.5 Å². The number of carbonyl (C=O) groups excluding carboxylic acids is 1. The lowest BCUT2D eigenvalue weighted by molar-refractivity contribution is 0.102. The molecule has 0 aromatic carbocycles. The molecule has 5 aromatic rings. The van der Waals surface area contributed by atoms with Crippen LogP contribution in [0.25, 0.3) is 17.2 Å². The molecule has 0 radical (unpaired) electrons. The molecule has 1 saturated carbocycles. The molecule has 5 heterocycles. The average Bonchev–Trinajstić information content (AvgIpc) is 3.38. The van der Waals surface area contributed by atoms with Gasteiger partial charge in [-0.1, -0.05) is 0 Å². The average molecular weight is 488 g/mol. The van der Waals surface area contributed by atoms with Crippen LogP contribution < -0.4 is 10.9 Å². The molecular formula is C24H18F2N8O2. The first kappa shape index (κ1) is 21.8. The number of hydrogen-bond acceptors (Lipinski definition) is 6. The second-order valence-electron chi connectivity index (χ2n) is 8.34. The molecule has 0 spiro atoms. The van der Waals surface area contributed by atoms with Crippen molar-refractivity contribution in [2.45, 2.75) is 25.2 Å². The fraction of sp³-hybridized carbons (Fsp3) is 0.167. The van der Waals surface area contributed by atoms with E-state index < -0.39 is 12.3 Å². The highest BCUT2D eigenvalue weighted by Crippen LogP contribution is 2.43. The van der Waals surface area contributed by atoms with E-state index in [9.17, 15) is 18.4 Å². The number of hydrogen-bond donors (Lipinski definition) is 1. The first-order valence-electron chi connectivity index (χ1n) is 11.2. The number of alkyl halides is 2. The van der Waals surface area contributed by atoms with Gasteiger partial charge in [-0.3, -0.25) is 14.0 Å². The third kappa shape index (κ3) is 3.72. The maximum absolute atomic E-state index is 13.7. The van der Waals surface area contributed by atoms with Crippen molar-refractivity contribution in [3.05, 3.63) is 94.7 Å². The number of pyridine rings is 2. The molecule has 1 fully saturated rings. The smallest absolute Gasteiger partial charge is 0.267 e. The Labute approximate surface area is 201 Å². The Balaban J connectivity index is 1.37. The van der Waals surface area contributed by atoms with Gasteiger partial charge in [0, 0.05) is 36.8 Å². The van der Waals surface area contributed by atoms with Gasteiger partial charge < -0.3 is 5.32 Å². The Kier molecular flexibility index (Phi) is 5.13. The van der Waals surface area contributed by atoms with Crippen molar-refractivity contribution in [2.24, 2.45) is 0 Å². The Bertz CT molecular complexity index is 1650. The van der Waals surface area contributed by atoms with Crippen molar-refractivity contribution in [3.8, 4) is 11.5 Å². The number of rotatable bonds is 6. The van der Waals surface area contributed by atoms with Crippen LogP contribution in [0.15, 0.2) is 72.3 Å². The van der Waals surface area contributed by atoms with Crippen molar-refractivity contribution >= 4 is 17.2 Å². The molecule has 0 saturated heterocycles. The van der Waals surface area contributed by atoms with Gasteiger partial charge >= 0.3 is 0 Å². The number of amides is 1. The van der Waals surface area contributed by atoms with E-state index in [4.69, 9.17) is 0 Å². The lowest BCUT2D eigenvalue weighted by Gasteiger charge is -2.13. The van der Waals surface area contributed by atoms with Crippen molar-refractivity contribution < 1.29 is 13.6 Å². The molecule has 1 amide bonds. The predicted molar refractivity (Wildman–Crippen MR) is 125 cm³/mol. The molecule has 1 aliphatic carbocycles. The van der Waals surface area contributed by atoms with Crippen molar-refractivity contribution in [1.82, 2.24) is 33.9 Å². The number of aromatic nitrogens is 7. The number of halogens is 2. The van der Waals surface area contributed by atoms with Crippen molar-refractivity contribution in [1.29, 1.82) is 0 Å². The number of nitrogens with zero attached hydrogens (tertiary/aromatic N) is 7. The Morgan fingerprint density at radius 3 is 2.67 bits per heavy atom. The van der Waals surface area contributed by atoms with Crippen molar-refractivity contribution in [3.63, 3.8) is 0 Å². The SMILES string of the molecule is O=C(Nc1cnc(-n2cccn2)c(C(F)F)c1)c1cnn(-c2cccn3c(=O)ccnc23)c1C1CC1. The predicted octanol–water partition coefficient (Wildman–Crippen LogP) is 3.53. The maximum atomic E-state index is 13.7. The minimum atomic E-state index is -2.82. The van der Waals surface area contributed by atoms with Gasteiger partial charge in [-0.25, -0.2) is 28.1 Å². The van der Waals surface area contributed by atoms with Gasteiger partial charge in [0.05, 0.1) is 34.9 Å². The van der Waals surface area contributed by atoms with Crippen LogP contribution in [0.4, 0.5) is 14.5 Å². The Morgan fingerprint density at radius 2 is 1.92 bits per heavy atom. The number of nitrogens with one attached hydrogen (secondary N) is 1. The quantitative estimate of drug-likeness (QED) is 0.391. The summed E-state index contributed by atoms with van der Waals surface area (Å²) in [4.78, 5) is 33.9. The molecule has 6 rings (SSSR count). The van der Waals surface area contributed by atoms with Gasteiger partial charge in [0.2, 0.25) is 0 Å². The first-order valence-corrected chi connectivity index (χ1v) is 11.2. The zero-order valence-electron chi connectivity index (χ0n) is 18.6. The number of carbonyl (C=O) groups is 1. The molecule has 0 unspecified atom stereocenters. The molecule has 0 bridgehead atoms. The van der Waals surface area contributed by atoms with Crippen LogP contribution in [0.5, 0.6) is 0 Å². The minimum absolute atomic E-state index is 0.0156. The summed E-state index contributed by atoms with van der Waals surface area (Å²) in [6, 6.07) is 7.64. The second-order valence-corrected chi connectivity index (χ2v) is 8.34. The van der Waals surface area contributed by atoms with E-state index >= 15 is 0 Å². The van der Waals surface area contributed by atoms with E-state index in [1.807, 2.05) is 0 Å². The van der Waals surface area contributed by atoms with E-state index in [-0.39, 0.29) is 28.5 Å². The van der Waals surface area contributed by atoms with Crippen LogP contribution in [0, 0.1) is 0 Å². The van der Waals surface area contributed by atoms with E-state index in [1.165, 1.54) is 52.2 Å². The summed E-state index contributed by atoms with van der Waals surface area (Å²) in [5, 5.41) is 11.1. The highest BCUT2D eigenvalue weighted by Gasteiger charge is 2.33. The summed E-state index contributed by atoms with van der Waals surface area (Å²) in [5.74, 6) is -0.415. The summed E-state index contributed by atoms with van der Waals surface area (Å²) in [6.45, 7) is 0. The fourth-order valence-corrected chi connectivity index (χ4v) is 4.17. The summed E-state index contributed by atoms with van der Waals surface area (Å²) < 4.78 is 31.8. The van der Waals surface area contributed by atoms with Crippen LogP contribution in [-0.4, -0.2) is 39.8 Å². The van der Waals surface area contributed by atoms with Crippen LogP contribution in [0.1, 0.15) is 46.8 Å². The minimum Gasteiger partial charge on any atom is -0.320 e. The van der Waals surface area contributed by atoms with Gasteiger partial charge in [0.25, 0.3) is 17.9 Å². The van der Waals surface area contributed by atoms with Gasteiger partial charge in [-0.2, -0.15) is 10.2 Å². The van der Waals surface area contributed by atoms with E-state index in [0.29, 0.717) is 22.6 Å². The largest absolute Gasteiger partial charge is 0.320 e. The van der Waals surface area contributed by atoms with Crippen LogP contribution >= 0.6 is 0 Å². The van der Waals surface area contributed by atoms with Crippen molar-refractivity contribution in [2.75, 3.05) is 5.32 Å². The zero-order valence-corrected chi connectivity index (χ0v) is 18.6. The van der Waals surface area contributed by atoms with Gasteiger partial charge in [-0.15, -0.1) is 0 Å². The lowest BCUT2D eigenvalue weighted by atomic mass is 10.1. The van der Waals surface area contributed by atoms with Gasteiger partial charge in [-0.05, 0) is 37.1 Å². The molecule has 180 valence electrons. The van der Waals surface area contributed by atoms with Crippen LogP contribution in [-0.2, 0) is 0 Å². The third-order valence-electron chi connectivity index (χ3n) is 5.95. The molecule has 0 atom stereocenters. The summed E-state index contributed by atoms with van der Waals surface area (Å²) in [7, 11) is 0. The Morgan fingerprint density at radius 1 is 1.06 bits per heavy atom. The highest BCUT2D eigenvalue weighted by atomic mass is 19.3. The maximum Gasteiger partial charge on any atom is 0.267 e. The molecule has 36 heavy (non-hydrogen) atoms. The molecule has 1 N–H and O–H groups in total. The van der Waals surface area contributed by atoms with Crippen LogP contribution in [0.2, 0.25) is 0 Å². The molecular weight excluding hydrogens is 470 g/mol. The molecule has 5 aromatic heterocycles. The summed E-state index contributed by atoms with van der Waals surface area (Å²) in [6.07, 6.45) is 7.69. The standard InChI is InChI=1S/C24H18F2N8O2/c25-21(26)16-11-15(12-28-22(16)33-10-2-7-29-33)31-24(36)17-13-30-34(20(17)14-4-5-14)18-3-1-9-32-19(35)6-8-27-23(18)32/h1-3,6-14,21H,4-5H2,(H,31,36).